The lowest BCUT2D eigenvalue weighted by Crippen LogP contribution is -2.76. The van der Waals surface area contributed by atoms with Crippen molar-refractivity contribution in [3.63, 3.8) is 0 Å². The highest BCUT2D eigenvalue weighted by Crippen LogP contribution is 2.41. The van der Waals surface area contributed by atoms with E-state index in [1.807, 2.05) is 0 Å². The molecule has 0 atom stereocenters. The van der Waals surface area contributed by atoms with Gasteiger partial charge in [0.25, 0.3) is 6.33 Å². The van der Waals surface area contributed by atoms with Crippen LogP contribution < -0.4 is 30.1 Å². The molecule has 2 aliphatic rings. The van der Waals surface area contributed by atoms with E-state index in [2.05, 4.69) is 251 Å². The Balaban J connectivity index is 1.17. The van der Waals surface area contributed by atoms with Crippen molar-refractivity contribution in [2.75, 3.05) is 0 Å². The average molecular weight is 859 g/mol. The van der Waals surface area contributed by atoms with Crippen molar-refractivity contribution in [1.82, 2.24) is 14.1 Å². The van der Waals surface area contributed by atoms with Crippen molar-refractivity contribution in [3.8, 4) is 62.2 Å². The van der Waals surface area contributed by atoms with Crippen molar-refractivity contribution in [2.45, 2.75) is 0 Å². The minimum atomic E-state index is -2.99. The Morgan fingerprint density at radius 3 is 1.92 bits per heavy atom. The Bertz CT molecular complexity index is 3870. The fraction of sp³-hybridized carbons (Fsp3) is 0. The third-order valence-corrected chi connectivity index (χ3v) is 18.6. The zero-order valence-electron chi connectivity index (χ0n) is 35.6. The summed E-state index contributed by atoms with van der Waals surface area (Å²) in [4.78, 5) is 5.52. The first-order valence-corrected chi connectivity index (χ1v) is 24.5. The zero-order chi connectivity index (χ0) is 43.3. The van der Waals surface area contributed by atoms with E-state index in [1.54, 1.807) is 0 Å². The monoisotopic (exact) mass is 858 g/mol. The third kappa shape index (κ3) is 5.21. The summed E-state index contributed by atoms with van der Waals surface area (Å²) in [6, 6.07) is 83.5. The van der Waals surface area contributed by atoms with Crippen LogP contribution in [-0.4, -0.2) is 22.2 Å². The number of ether oxygens (including phenoxy) is 1. The van der Waals surface area contributed by atoms with Crippen LogP contribution in [0.3, 0.4) is 0 Å². The molecule has 308 valence electrons. The summed E-state index contributed by atoms with van der Waals surface area (Å²) in [5, 5.41) is 7.54. The van der Waals surface area contributed by atoms with E-state index < -0.39 is 8.07 Å². The van der Waals surface area contributed by atoms with E-state index in [0.717, 1.165) is 95.0 Å². The van der Waals surface area contributed by atoms with E-state index in [1.165, 1.54) is 20.7 Å². The van der Waals surface area contributed by atoms with Gasteiger partial charge in [-0.15, -0.1) is 0 Å². The van der Waals surface area contributed by atoms with Crippen molar-refractivity contribution in [1.29, 1.82) is 0 Å². The van der Waals surface area contributed by atoms with E-state index in [9.17, 15) is 0 Å². The van der Waals surface area contributed by atoms with Crippen molar-refractivity contribution in [2.24, 2.45) is 0 Å². The van der Waals surface area contributed by atoms with Crippen LogP contribution >= 0.6 is 0 Å². The Hall–Kier alpha value is -8.58. The molecular formula is C60H38N4OSi. The summed E-state index contributed by atoms with van der Waals surface area (Å²) in [5.41, 5.74) is 12.8. The number of para-hydroxylation sites is 3. The molecular weight excluding hydrogens is 821 g/mol. The molecule has 0 fully saturated rings. The van der Waals surface area contributed by atoms with E-state index in [0.29, 0.717) is 0 Å². The molecule has 5 heterocycles. The van der Waals surface area contributed by atoms with E-state index in [-0.39, 0.29) is 0 Å². The number of rotatable bonds is 3. The van der Waals surface area contributed by atoms with E-state index in [4.69, 9.17) is 9.72 Å². The van der Waals surface area contributed by atoms with Crippen LogP contribution in [0, 0.1) is 6.33 Å². The highest BCUT2D eigenvalue weighted by molar-refractivity contribution is 7.21. The predicted molar refractivity (Wildman–Crippen MR) is 269 cm³/mol. The Morgan fingerprint density at radius 2 is 1.11 bits per heavy atom. The third-order valence-electron chi connectivity index (χ3n) is 13.8. The quantitative estimate of drug-likeness (QED) is 0.101. The molecule has 3 aromatic heterocycles. The first-order valence-electron chi connectivity index (χ1n) is 22.5. The second kappa shape index (κ2) is 14.2. The second-order valence-corrected chi connectivity index (χ2v) is 21.0. The van der Waals surface area contributed by atoms with Gasteiger partial charge in [0, 0.05) is 22.4 Å². The molecule has 6 heteroatoms. The van der Waals surface area contributed by atoms with Gasteiger partial charge in [-0.1, -0.05) is 182 Å². The Morgan fingerprint density at radius 1 is 0.470 bits per heavy atom. The van der Waals surface area contributed by atoms with Crippen LogP contribution in [0.1, 0.15) is 0 Å². The fourth-order valence-corrected chi connectivity index (χ4v) is 16.2. The van der Waals surface area contributed by atoms with Crippen molar-refractivity contribution >= 4 is 61.7 Å². The van der Waals surface area contributed by atoms with Gasteiger partial charge in [-0.05, 0) is 85.5 Å². The number of nitrogens with zero attached hydrogens (tertiary/aromatic N) is 4. The highest BCUT2D eigenvalue weighted by Gasteiger charge is 2.47. The van der Waals surface area contributed by atoms with Crippen LogP contribution in [0.2, 0.25) is 0 Å². The van der Waals surface area contributed by atoms with Crippen LogP contribution in [0.4, 0.5) is 0 Å². The largest absolute Gasteiger partial charge is 0.458 e. The Labute approximate surface area is 382 Å². The molecule has 9 aromatic carbocycles. The van der Waals surface area contributed by atoms with Gasteiger partial charge in [-0.2, -0.15) is 0 Å². The first kappa shape index (κ1) is 36.9. The number of pyridine rings is 1. The zero-order valence-corrected chi connectivity index (χ0v) is 36.6. The van der Waals surface area contributed by atoms with Gasteiger partial charge < -0.3 is 4.74 Å². The molecule has 0 aliphatic carbocycles. The predicted octanol–water partition coefficient (Wildman–Crippen LogP) is 11.0. The van der Waals surface area contributed by atoms with Crippen LogP contribution in [0.25, 0.3) is 83.5 Å². The molecule has 12 aromatic rings. The molecule has 2 aliphatic heterocycles. The maximum absolute atomic E-state index is 7.02. The summed E-state index contributed by atoms with van der Waals surface area (Å²) in [6.07, 6.45) is 4.04. The minimum absolute atomic E-state index is 0.748. The molecule has 0 radical (unpaired) electrons. The number of aromatic nitrogens is 4. The number of benzene rings is 9. The molecule has 0 amide bonds. The van der Waals surface area contributed by atoms with Gasteiger partial charge >= 0.3 is 0 Å². The number of imidazole rings is 1. The first-order chi connectivity index (χ1) is 32.7. The lowest BCUT2D eigenvalue weighted by atomic mass is 9.92. The summed E-state index contributed by atoms with van der Waals surface area (Å²) < 4.78 is 13.9. The normalized spacial score (nSPS) is 13.1. The van der Waals surface area contributed by atoms with Gasteiger partial charge in [0.2, 0.25) is 0 Å². The molecule has 66 heavy (non-hydrogen) atoms. The van der Waals surface area contributed by atoms with Crippen molar-refractivity contribution in [3.05, 3.63) is 237 Å². The van der Waals surface area contributed by atoms with Crippen molar-refractivity contribution < 1.29 is 9.30 Å². The second-order valence-electron chi connectivity index (χ2n) is 17.2. The maximum atomic E-state index is 7.02. The molecule has 0 N–H and O–H groups in total. The summed E-state index contributed by atoms with van der Waals surface area (Å²) in [6.45, 7) is 0. The van der Waals surface area contributed by atoms with Crippen LogP contribution in [0.5, 0.6) is 11.5 Å². The standard InChI is InChI=1S/C60H38N4OSi/c1-4-17-40(18-5-1)45-26-14-27-50-46-23-10-11-24-47(46)51-28-15-32-58(61-51)64-52-29-13-12-25-48(52)49-35-33-41(37-54(49)64)65-42-34-36-56-55(38-42)63-39-62(59(45)50)53-30-16-31-57(60(53)63)66(56,43-19-6-2-7-20-43)44-21-8-3-9-22-44/h1-38H. The summed E-state index contributed by atoms with van der Waals surface area (Å²) >= 11 is 0. The lowest BCUT2D eigenvalue weighted by molar-refractivity contribution is -0.571. The van der Waals surface area contributed by atoms with Gasteiger partial charge in [0.1, 0.15) is 17.3 Å². The van der Waals surface area contributed by atoms with Gasteiger partial charge in [0.05, 0.1) is 39.1 Å². The Kier molecular flexibility index (Phi) is 7.94. The van der Waals surface area contributed by atoms with Crippen LogP contribution in [-0.2, 0) is 0 Å². The van der Waals surface area contributed by atoms with Gasteiger partial charge in [0.15, 0.2) is 8.07 Å². The summed E-state index contributed by atoms with van der Waals surface area (Å²) in [5.74, 6) is 2.34. The lowest BCUT2D eigenvalue weighted by Gasteiger charge is -2.39. The molecule has 14 rings (SSSR count). The molecule has 8 bridgehead atoms. The minimum Gasteiger partial charge on any atom is -0.458 e. The molecule has 0 saturated heterocycles. The summed E-state index contributed by atoms with van der Waals surface area (Å²) in [7, 11) is -2.99. The molecule has 5 nitrogen and oxygen atoms in total. The van der Waals surface area contributed by atoms with Gasteiger partial charge in [-0.25, -0.2) is 4.98 Å². The van der Waals surface area contributed by atoms with Crippen LogP contribution in [0.15, 0.2) is 231 Å². The SMILES string of the molecule is [c-]1n2c3c4cccc3[n+]1-c1c(-c3ccccc3)cccc1-c1ccccc1-c1cccc(n1)-n1c3ccccc3c3ccc(cc31)Oc1ccc(c-2c1)[Si]4(c1ccccc1)c1ccccc1. The number of fused-ring (bicyclic) bond motifs is 15. The van der Waals surface area contributed by atoms with Gasteiger partial charge in [-0.3, -0.25) is 13.7 Å². The molecule has 0 unspecified atom stereocenters. The fourth-order valence-electron chi connectivity index (χ4n) is 11.1. The topological polar surface area (TPSA) is 35.9 Å². The number of hydrogen-bond acceptors (Lipinski definition) is 2. The highest BCUT2D eigenvalue weighted by atomic mass is 28.3. The molecule has 0 saturated carbocycles. The number of hydrogen-bond donors (Lipinski definition) is 0. The smallest absolute Gasteiger partial charge is 0.269 e. The maximum Gasteiger partial charge on any atom is 0.269 e. The molecule has 0 spiro atoms. The average Bonchev–Trinajstić information content (AvgIpc) is 3.94. The van der Waals surface area contributed by atoms with E-state index >= 15 is 0 Å².